The summed E-state index contributed by atoms with van der Waals surface area (Å²) in [6.45, 7) is 1.70. The number of nitrogens with zero attached hydrogens (tertiary/aromatic N) is 2. The molecule has 0 aliphatic carbocycles. The molecule has 3 rings (SSSR count). The van der Waals surface area contributed by atoms with Crippen LogP contribution >= 0.6 is 0 Å². The molecule has 5 heteroatoms. The number of likely N-dealkylation sites (tertiary alicyclic amines) is 1. The Morgan fingerprint density at radius 2 is 2.00 bits per heavy atom. The van der Waals surface area contributed by atoms with E-state index in [-0.39, 0.29) is 5.91 Å². The van der Waals surface area contributed by atoms with Crippen LogP contribution in [0, 0.1) is 0 Å². The molecule has 2 heterocycles. The summed E-state index contributed by atoms with van der Waals surface area (Å²) < 4.78 is 5.20. The molecule has 1 saturated heterocycles. The molecular formula is C18H21N3O2. The normalized spacial score (nSPS) is 14.4. The molecule has 1 aliphatic heterocycles. The number of piperidine rings is 1. The molecule has 1 aromatic heterocycles. The Balaban J connectivity index is 1.67. The molecule has 0 spiro atoms. The second-order valence-corrected chi connectivity index (χ2v) is 5.64. The molecule has 2 aromatic rings. The van der Waals surface area contributed by atoms with Crippen molar-refractivity contribution in [1.82, 2.24) is 9.88 Å². The number of nitrogens with one attached hydrogen (secondary N) is 1. The van der Waals surface area contributed by atoms with E-state index in [1.165, 1.54) is 6.42 Å². The predicted molar refractivity (Wildman–Crippen MR) is 90.3 cm³/mol. The zero-order chi connectivity index (χ0) is 16.1. The van der Waals surface area contributed by atoms with E-state index in [0.29, 0.717) is 11.4 Å². The van der Waals surface area contributed by atoms with Gasteiger partial charge >= 0.3 is 0 Å². The number of pyridine rings is 1. The zero-order valence-electron chi connectivity index (χ0n) is 13.3. The fourth-order valence-electron chi connectivity index (χ4n) is 2.72. The van der Waals surface area contributed by atoms with Crippen LogP contribution in [-0.4, -0.2) is 36.0 Å². The van der Waals surface area contributed by atoms with E-state index in [0.717, 1.165) is 37.4 Å². The van der Waals surface area contributed by atoms with Gasteiger partial charge in [-0.1, -0.05) is 6.07 Å². The third-order valence-electron chi connectivity index (χ3n) is 4.00. The largest absolute Gasteiger partial charge is 0.497 e. The van der Waals surface area contributed by atoms with E-state index in [1.807, 2.05) is 41.3 Å². The first-order valence-corrected chi connectivity index (χ1v) is 7.93. The molecule has 0 unspecified atom stereocenters. The summed E-state index contributed by atoms with van der Waals surface area (Å²) in [4.78, 5) is 18.7. The number of hydrogen-bond acceptors (Lipinski definition) is 4. The van der Waals surface area contributed by atoms with Gasteiger partial charge in [0, 0.05) is 31.0 Å². The number of aromatic nitrogens is 1. The number of amides is 1. The summed E-state index contributed by atoms with van der Waals surface area (Å²) in [6, 6.07) is 11.3. The smallest absolute Gasteiger partial charge is 0.255 e. The van der Waals surface area contributed by atoms with Crippen molar-refractivity contribution in [1.29, 1.82) is 0 Å². The van der Waals surface area contributed by atoms with Gasteiger partial charge in [0.15, 0.2) is 0 Å². The van der Waals surface area contributed by atoms with Gasteiger partial charge < -0.3 is 15.0 Å². The van der Waals surface area contributed by atoms with E-state index in [1.54, 1.807) is 13.3 Å². The zero-order valence-corrected chi connectivity index (χ0v) is 13.3. The summed E-state index contributed by atoms with van der Waals surface area (Å²) >= 11 is 0. The molecule has 0 saturated carbocycles. The van der Waals surface area contributed by atoms with Crippen LogP contribution in [0.15, 0.2) is 42.6 Å². The Morgan fingerprint density at radius 1 is 1.17 bits per heavy atom. The molecule has 1 N–H and O–H groups in total. The van der Waals surface area contributed by atoms with Gasteiger partial charge in [-0.3, -0.25) is 4.79 Å². The summed E-state index contributed by atoms with van der Waals surface area (Å²) in [7, 11) is 1.64. The van der Waals surface area contributed by atoms with Gasteiger partial charge in [0.2, 0.25) is 0 Å². The molecule has 1 fully saturated rings. The molecule has 0 bridgehead atoms. The van der Waals surface area contributed by atoms with Crippen molar-refractivity contribution < 1.29 is 9.53 Å². The predicted octanol–water partition coefficient (Wildman–Crippen LogP) is 3.46. The molecule has 120 valence electrons. The number of ether oxygens (including phenoxy) is 1. The van der Waals surface area contributed by atoms with Crippen molar-refractivity contribution in [2.45, 2.75) is 19.3 Å². The molecule has 0 radical (unpaired) electrons. The molecule has 1 amide bonds. The lowest BCUT2D eigenvalue weighted by Crippen LogP contribution is -2.35. The molecule has 1 aliphatic rings. The molecule has 0 atom stereocenters. The fraction of sp³-hybridized carbons (Fsp3) is 0.333. The van der Waals surface area contributed by atoms with Crippen LogP contribution in [0.3, 0.4) is 0 Å². The molecule has 23 heavy (non-hydrogen) atoms. The van der Waals surface area contributed by atoms with Gasteiger partial charge in [-0.2, -0.15) is 0 Å². The van der Waals surface area contributed by atoms with Gasteiger partial charge in [0.05, 0.1) is 12.7 Å². The summed E-state index contributed by atoms with van der Waals surface area (Å²) in [5, 5.41) is 3.21. The van der Waals surface area contributed by atoms with Crippen molar-refractivity contribution in [3.8, 4) is 5.75 Å². The van der Waals surface area contributed by atoms with Crippen LogP contribution < -0.4 is 10.1 Å². The average Bonchev–Trinajstić information content (AvgIpc) is 2.63. The summed E-state index contributed by atoms with van der Waals surface area (Å²) in [5.41, 5.74) is 1.54. The Labute approximate surface area is 136 Å². The van der Waals surface area contributed by atoms with Crippen LogP contribution in [0.4, 0.5) is 11.5 Å². The third-order valence-corrected chi connectivity index (χ3v) is 4.00. The minimum atomic E-state index is 0.0742. The van der Waals surface area contributed by atoms with Crippen molar-refractivity contribution in [3.05, 3.63) is 48.2 Å². The van der Waals surface area contributed by atoms with Crippen LogP contribution in [0.2, 0.25) is 0 Å². The maximum Gasteiger partial charge on any atom is 0.255 e. The first kappa shape index (κ1) is 15.3. The lowest BCUT2D eigenvalue weighted by Gasteiger charge is -2.26. The highest BCUT2D eigenvalue weighted by Crippen LogP contribution is 2.20. The highest BCUT2D eigenvalue weighted by Gasteiger charge is 2.18. The van der Waals surface area contributed by atoms with Crippen LogP contribution in [0.1, 0.15) is 29.6 Å². The Kier molecular flexibility index (Phi) is 4.76. The van der Waals surface area contributed by atoms with Crippen LogP contribution in [-0.2, 0) is 0 Å². The van der Waals surface area contributed by atoms with Crippen LogP contribution in [0.25, 0.3) is 0 Å². The molecule has 1 aromatic carbocycles. The molecule has 5 nitrogen and oxygen atoms in total. The van der Waals surface area contributed by atoms with Gasteiger partial charge in [-0.25, -0.2) is 4.98 Å². The first-order valence-electron chi connectivity index (χ1n) is 7.93. The number of anilines is 2. The first-order chi connectivity index (χ1) is 11.3. The standard InChI is InChI=1S/C18H21N3O2/c1-23-16-7-5-6-15(12-16)20-17-9-8-14(13-19-17)18(22)21-10-3-2-4-11-21/h5-9,12-13H,2-4,10-11H2,1H3,(H,19,20). The van der Waals surface area contributed by atoms with Crippen molar-refractivity contribution >= 4 is 17.4 Å². The highest BCUT2D eigenvalue weighted by atomic mass is 16.5. The average molecular weight is 311 g/mol. The SMILES string of the molecule is COc1cccc(Nc2ccc(C(=O)N3CCCCC3)cn2)c1. The number of methoxy groups -OCH3 is 1. The molecular weight excluding hydrogens is 290 g/mol. The van der Waals surface area contributed by atoms with Gasteiger partial charge in [0.1, 0.15) is 11.6 Å². The lowest BCUT2D eigenvalue weighted by atomic mass is 10.1. The summed E-state index contributed by atoms with van der Waals surface area (Å²) in [5.74, 6) is 1.56. The van der Waals surface area contributed by atoms with Crippen LogP contribution in [0.5, 0.6) is 5.75 Å². The van der Waals surface area contributed by atoms with E-state index in [9.17, 15) is 4.79 Å². The Morgan fingerprint density at radius 3 is 2.70 bits per heavy atom. The number of carbonyl (C=O) groups excluding carboxylic acids is 1. The maximum absolute atomic E-state index is 12.4. The number of hydrogen-bond donors (Lipinski definition) is 1. The van der Waals surface area contributed by atoms with Crippen molar-refractivity contribution in [3.63, 3.8) is 0 Å². The highest BCUT2D eigenvalue weighted by molar-refractivity contribution is 5.94. The van der Waals surface area contributed by atoms with E-state index in [2.05, 4.69) is 10.3 Å². The van der Waals surface area contributed by atoms with Gasteiger partial charge in [-0.05, 0) is 43.5 Å². The second kappa shape index (κ2) is 7.13. The minimum Gasteiger partial charge on any atom is -0.497 e. The van der Waals surface area contributed by atoms with E-state index in [4.69, 9.17) is 4.74 Å². The maximum atomic E-state index is 12.4. The van der Waals surface area contributed by atoms with Gasteiger partial charge in [0.25, 0.3) is 5.91 Å². The lowest BCUT2D eigenvalue weighted by molar-refractivity contribution is 0.0724. The van der Waals surface area contributed by atoms with Gasteiger partial charge in [-0.15, -0.1) is 0 Å². The topological polar surface area (TPSA) is 54.5 Å². The fourth-order valence-corrected chi connectivity index (χ4v) is 2.72. The van der Waals surface area contributed by atoms with E-state index >= 15 is 0 Å². The quantitative estimate of drug-likeness (QED) is 0.939. The third kappa shape index (κ3) is 3.80. The number of benzene rings is 1. The Hall–Kier alpha value is -2.56. The van der Waals surface area contributed by atoms with Crippen molar-refractivity contribution in [2.24, 2.45) is 0 Å². The minimum absolute atomic E-state index is 0.0742. The number of rotatable bonds is 4. The second-order valence-electron chi connectivity index (χ2n) is 5.64. The number of carbonyl (C=O) groups is 1. The monoisotopic (exact) mass is 311 g/mol. The Bertz CT molecular complexity index is 664. The summed E-state index contributed by atoms with van der Waals surface area (Å²) in [6.07, 6.45) is 5.04. The van der Waals surface area contributed by atoms with Crippen molar-refractivity contribution in [2.75, 3.05) is 25.5 Å². The van der Waals surface area contributed by atoms with E-state index < -0.39 is 0 Å².